The summed E-state index contributed by atoms with van der Waals surface area (Å²) >= 11 is 0. The van der Waals surface area contributed by atoms with E-state index in [1.165, 1.54) is 0 Å². The SMILES string of the molecule is COc1ccc(N=Nc2ncc[nH]2)cc1. The molecular weight excluding hydrogens is 192 g/mol. The van der Waals surface area contributed by atoms with Gasteiger partial charge in [0.2, 0.25) is 5.95 Å². The van der Waals surface area contributed by atoms with Gasteiger partial charge in [-0.1, -0.05) is 0 Å². The molecule has 5 nitrogen and oxygen atoms in total. The highest BCUT2D eigenvalue weighted by molar-refractivity contribution is 5.40. The third-order valence-electron chi connectivity index (χ3n) is 1.82. The molecule has 0 fully saturated rings. The molecule has 2 aromatic rings. The number of hydrogen-bond donors (Lipinski definition) is 1. The molecule has 5 heteroatoms. The molecule has 0 bridgehead atoms. The molecule has 0 spiro atoms. The van der Waals surface area contributed by atoms with Crippen LogP contribution in [0.4, 0.5) is 11.6 Å². The first kappa shape index (κ1) is 9.39. The molecule has 1 N–H and O–H groups in total. The van der Waals surface area contributed by atoms with E-state index in [2.05, 4.69) is 20.2 Å². The lowest BCUT2D eigenvalue weighted by Crippen LogP contribution is -1.79. The average Bonchev–Trinajstić information content (AvgIpc) is 2.80. The summed E-state index contributed by atoms with van der Waals surface area (Å²) in [6, 6.07) is 7.31. The Morgan fingerprint density at radius 2 is 2.00 bits per heavy atom. The molecule has 0 aliphatic rings. The van der Waals surface area contributed by atoms with Gasteiger partial charge in [0.1, 0.15) is 5.75 Å². The summed E-state index contributed by atoms with van der Waals surface area (Å²) < 4.78 is 5.03. The van der Waals surface area contributed by atoms with Crippen LogP contribution in [-0.4, -0.2) is 17.1 Å². The Kier molecular flexibility index (Phi) is 2.73. The first-order chi connectivity index (χ1) is 7.38. The zero-order chi connectivity index (χ0) is 10.5. The Balaban J connectivity index is 2.11. The largest absolute Gasteiger partial charge is 0.497 e. The van der Waals surface area contributed by atoms with Crippen molar-refractivity contribution >= 4 is 11.6 Å². The molecule has 0 atom stereocenters. The highest BCUT2D eigenvalue weighted by Crippen LogP contribution is 2.19. The monoisotopic (exact) mass is 202 g/mol. The number of hydrogen-bond acceptors (Lipinski definition) is 4. The Morgan fingerprint density at radius 3 is 2.60 bits per heavy atom. The van der Waals surface area contributed by atoms with Crippen molar-refractivity contribution in [1.29, 1.82) is 0 Å². The van der Waals surface area contributed by atoms with E-state index in [9.17, 15) is 0 Å². The number of rotatable bonds is 3. The van der Waals surface area contributed by atoms with Crippen molar-refractivity contribution in [2.75, 3.05) is 7.11 Å². The molecule has 0 aliphatic heterocycles. The minimum absolute atomic E-state index is 0.491. The van der Waals surface area contributed by atoms with Gasteiger partial charge in [-0.3, -0.25) is 0 Å². The third-order valence-corrected chi connectivity index (χ3v) is 1.82. The number of aromatic nitrogens is 2. The Labute approximate surface area is 86.8 Å². The van der Waals surface area contributed by atoms with E-state index in [4.69, 9.17) is 4.74 Å². The number of H-pyrrole nitrogens is 1. The van der Waals surface area contributed by atoms with Crippen molar-refractivity contribution in [1.82, 2.24) is 9.97 Å². The lowest BCUT2D eigenvalue weighted by atomic mass is 10.3. The minimum atomic E-state index is 0.491. The van der Waals surface area contributed by atoms with Crippen molar-refractivity contribution in [2.45, 2.75) is 0 Å². The van der Waals surface area contributed by atoms with Gasteiger partial charge in [0.05, 0.1) is 12.8 Å². The fourth-order valence-electron chi connectivity index (χ4n) is 1.07. The van der Waals surface area contributed by atoms with E-state index >= 15 is 0 Å². The molecule has 0 radical (unpaired) electrons. The van der Waals surface area contributed by atoms with Crippen LogP contribution < -0.4 is 4.74 Å². The number of ether oxygens (including phenoxy) is 1. The van der Waals surface area contributed by atoms with Gasteiger partial charge in [-0.2, -0.15) is 0 Å². The molecule has 2 rings (SSSR count). The number of benzene rings is 1. The molecule has 15 heavy (non-hydrogen) atoms. The van der Waals surface area contributed by atoms with Crippen LogP contribution in [0.15, 0.2) is 46.9 Å². The average molecular weight is 202 g/mol. The van der Waals surface area contributed by atoms with Gasteiger partial charge in [-0.05, 0) is 24.3 Å². The number of aromatic amines is 1. The number of imidazole rings is 1. The fraction of sp³-hybridized carbons (Fsp3) is 0.100. The van der Waals surface area contributed by atoms with Gasteiger partial charge < -0.3 is 9.72 Å². The van der Waals surface area contributed by atoms with Crippen LogP contribution in [0.1, 0.15) is 0 Å². The topological polar surface area (TPSA) is 62.6 Å². The van der Waals surface area contributed by atoms with Crippen LogP contribution >= 0.6 is 0 Å². The lowest BCUT2D eigenvalue weighted by molar-refractivity contribution is 0.415. The number of azo groups is 1. The van der Waals surface area contributed by atoms with E-state index in [0.717, 1.165) is 11.4 Å². The molecular formula is C10H10N4O. The molecule has 1 aromatic carbocycles. The van der Waals surface area contributed by atoms with Crippen LogP contribution in [0.2, 0.25) is 0 Å². The minimum Gasteiger partial charge on any atom is -0.497 e. The fourth-order valence-corrected chi connectivity index (χ4v) is 1.07. The summed E-state index contributed by atoms with van der Waals surface area (Å²) in [4.78, 5) is 6.76. The van der Waals surface area contributed by atoms with Gasteiger partial charge in [0.25, 0.3) is 0 Å². The van der Waals surface area contributed by atoms with Crippen molar-refractivity contribution < 1.29 is 4.74 Å². The van der Waals surface area contributed by atoms with E-state index < -0.39 is 0 Å². The number of nitrogens with one attached hydrogen (secondary N) is 1. The smallest absolute Gasteiger partial charge is 0.246 e. The van der Waals surface area contributed by atoms with E-state index in [1.54, 1.807) is 19.5 Å². The molecule has 1 heterocycles. The Hall–Kier alpha value is -2.17. The van der Waals surface area contributed by atoms with Gasteiger partial charge >= 0.3 is 0 Å². The molecule has 0 aliphatic carbocycles. The van der Waals surface area contributed by atoms with Crippen molar-refractivity contribution in [3.8, 4) is 5.75 Å². The lowest BCUT2D eigenvalue weighted by Gasteiger charge is -1.97. The highest BCUT2D eigenvalue weighted by atomic mass is 16.5. The summed E-state index contributed by atoms with van der Waals surface area (Å²) in [6.45, 7) is 0. The van der Waals surface area contributed by atoms with E-state index in [-0.39, 0.29) is 0 Å². The summed E-state index contributed by atoms with van der Waals surface area (Å²) in [5.41, 5.74) is 0.757. The van der Waals surface area contributed by atoms with Crippen molar-refractivity contribution in [2.24, 2.45) is 10.2 Å². The standard InChI is InChI=1S/C10H10N4O/c1-15-9-4-2-8(3-5-9)13-14-10-11-6-7-12-10/h2-7H,1H3,(H,11,12). The Morgan fingerprint density at radius 1 is 1.20 bits per heavy atom. The molecule has 0 saturated heterocycles. The van der Waals surface area contributed by atoms with Crippen LogP contribution in [-0.2, 0) is 0 Å². The van der Waals surface area contributed by atoms with E-state index in [0.29, 0.717) is 5.95 Å². The normalized spacial score (nSPS) is 10.7. The van der Waals surface area contributed by atoms with E-state index in [1.807, 2.05) is 24.3 Å². The van der Waals surface area contributed by atoms with Crippen molar-refractivity contribution in [3.05, 3.63) is 36.7 Å². The summed E-state index contributed by atoms with van der Waals surface area (Å²) in [6.07, 6.45) is 3.32. The van der Waals surface area contributed by atoms with Gasteiger partial charge in [-0.25, -0.2) is 4.98 Å². The molecule has 0 unspecified atom stereocenters. The second-order valence-corrected chi connectivity index (χ2v) is 2.81. The van der Waals surface area contributed by atoms with Crippen LogP contribution in [0.5, 0.6) is 5.75 Å². The first-order valence-electron chi connectivity index (χ1n) is 4.43. The van der Waals surface area contributed by atoms with Gasteiger partial charge in [0.15, 0.2) is 0 Å². The molecule has 76 valence electrons. The predicted molar refractivity (Wildman–Crippen MR) is 55.8 cm³/mol. The predicted octanol–water partition coefficient (Wildman–Crippen LogP) is 2.83. The number of methoxy groups -OCH3 is 1. The second-order valence-electron chi connectivity index (χ2n) is 2.81. The maximum Gasteiger partial charge on any atom is 0.246 e. The zero-order valence-corrected chi connectivity index (χ0v) is 8.21. The molecule has 0 amide bonds. The van der Waals surface area contributed by atoms with Crippen LogP contribution in [0.25, 0.3) is 0 Å². The summed E-state index contributed by atoms with van der Waals surface area (Å²) in [5.74, 6) is 1.29. The quantitative estimate of drug-likeness (QED) is 0.778. The number of nitrogens with zero attached hydrogens (tertiary/aromatic N) is 3. The zero-order valence-electron chi connectivity index (χ0n) is 8.21. The summed E-state index contributed by atoms with van der Waals surface area (Å²) in [5, 5.41) is 7.91. The molecule has 1 aromatic heterocycles. The van der Waals surface area contributed by atoms with Crippen molar-refractivity contribution in [3.63, 3.8) is 0 Å². The maximum absolute atomic E-state index is 5.03. The first-order valence-corrected chi connectivity index (χ1v) is 4.43. The second kappa shape index (κ2) is 4.36. The highest BCUT2D eigenvalue weighted by Gasteiger charge is 1.92. The maximum atomic E-state index is 5.03. The van der Waals surface area contributed by atoms with Gasteiger partial charge in [0, 0.05) is 12.4 Å². The third kappa shape index (κ3) is 2.40. The molecule has 0 saturated carbocycles. The van der Waals surface area contributed by atoms with Gasteiger partial charge in [-0.15, -0.1) is 10.2 Å². The van der Waals surface area contributed by atoms with Crippen LogP contribution in [0, 0.1) is 0 Å². The Bertz CT molecular complexity index is 433. The van der Waals surface area contributed by atoms with Crippen LogP contribution in [0.3, 0.4) is 0 Å². The summed E-state index contributed by atoms with van der Waals surface area (Å²) in [7, 11) is 1.62.